The van der Waals surface area contributed by atoms with E-state index in [0.717, 1.165) is 5.56 Å². The maximum Gasteiger partial charge on any atom is 0.488 e. The molecule has 0 saturated carbocycles. The zero-order valence-corrected chi connectivity index (χ0v) is 7.18. The van der Waals surface area contributed by atoms with Crippen molar-refractivity contribution >= 4 is 12.6 Å². The topological polar surface area (TPSA) is 49.7 Å². The highest BCUT2D eigenvalue weighted by atomic mass is 16.5. The van der Waals surface area contributed by atoms with Crippen molar-refractivity contribution < 1.29 is 14.8 Å². The molecule has 0 aromatic heterocycles. The summed E-state index contributed by atoms with van der Waals surface area (Å²) in [5.74, 6) is 0.331. The first-order valence-electron chi connectivity index (χ1n) is 4.31. The second-order valence-corrected chi connectivity index (χ2v) is 3.24. The normalized spacial score (nSPS) is 16.8. The van der Waals surface area contributed by atoms with Gasteiger partial charge in [0.05, 0.1) is 13.2 Å². The van der Waals surface area contributed by atoms with Crippen molar-refractivity contribution in [2.45, 2.75) is 5.92 Å². The molecule has 13 heavy (non-hydrogen) atoms. The molecule has 0 spiro atoms. The summed E-state index contributed by atoms with van der Waals surface area (Å²) in [6, 6.07) is 7.36. The lowest BCUT2D eigenvalue weighted by molar-refractivity contribution is 0.00874. The number of hydrogen-bond donors (Lipinski definition) is 2. The summed E-state index contributed by atoms with van der Waals surface area (Å²) >= 11 is 0. The van der Waals surface area contributed by atoms with Crippen molar-refractivity contribution in [2.75, 3.05) is 13.2 Å². The fraction of sp³-hybridized carbons (Fsp3) is 0.333. The van der Waals surface area contributed by atoms with E-state index in [1.165, 1.54) is 0 Å². The zero-order valence-electron chi connectivity index (χ0n) is 7.18. The Morgan fingerprint density at radius 1 is 1.23 bits per heavy atom. The predicted octanol–water partition coefficient (Wildman–Crippen LogP) is -0.520. The Balaban J connectivity index is 2.31. The smallest absolute Gasteiger partial charge is 0.423 e. The van der Waals surface area contributed by atoms with Crippen molar-refractivity contribution in [1.82, 2.24) is 0 Å². The first-order chi connectivity index (χ1) is 6.29. The number of hydrogen-bond acceptors (Lipinski definition) is 3. The van der Waals surface area contributed by atoms with Crippen LogP contribution in [0.15, 0.2) is 24.3 Å². The molecule has 0 unspecified atom stereocenters. The molecule has 0 atom stereocenters. The van der Waals surface area contributed by atoms with Crippen LogP contribution in [0, 0.1) is 0 Å². The molecule has 1 aromatic rings. The van der Waals surface area contributed by atoms with E-state index in [1.807, 2.05) is 12.1 Å². The van der Waals surface area contributed by atoms with Crippen LogP contribution in [-0.2, 0) is 4.74 Å². The first kappa shape index (κ1) is 8.75. The summed E-state index contributed by atoms with van der Waals surface area (Å²) in [4.78, 5) is 0. The van der Waals surface area contributed by atoms with Gasteiger partial charge in [0.15, 0.2) is 0 Å². The molecule has 0 bridgehead atoms. The molecule has 0 amide bonds. The minimum absolute atomic E-state index is 0.331. The Labute approximate surface area is 77.1 Å². The molecule has 2 N–H and O–H groups in total. The van der Waals surface area contributed by atoms with Gasteiger partial charge >= 0.3 is 7.12 Å². The summed E-state index contributed by atoms with van der Waals surface area (Å²) in [5, 5.41) is 18.2. The standard InChI is InChI=1S/C9H11BO3/c11-10(12)9-4-2-1-3-8(9)7-5-13-6-7/h1-4,7,11-12H,5-6H2. The van der Waals surface area contributed by atoms with E-state index in [4.69, 9.17) is 14.8 Å². The highest BCUT2D eigenvalue weighted by Crippen LogP contribution is 2.22. The summed E-state index contributed by atoms with van der Waals surface area (Å²) in [7, 11) is -1.38. The zero-order chi connectivity index (χ0) is 9.26. The average Bonchev–Trinajstić information content (AvgIpc) is 2.02. The molecular weight excluding hydrogens is 167 g/mol. The molecule has 2 rings (SSSR count). The minimum atomic E-state index is -1.38. The third-order valence-electron chi connectivity index (χ3n) is 2.35. The van der Waals surface area contributed by atoms with Crippen LogP contribution in [0.3, 0.4) is 0 Å². The van der Waals surface area contributed by atoms with Gasteiger partial charge in [-0.05, 0) is 11.0 Å². The molecule has 1 saturated heterocycles. The lowest BCUT2D eigenvalue weighted by Crippen LogP contribution is -2.38. The van der Waals surface area contributed by atoms with Crippen molar-refractivity contribution in [3.63, 3.8) is 0 Å². The van der Waals surface area contributed by atoms with Gasteiger partial charge < -0.3 is 14.8 Å². The number of benzene rings is 1. The quantitative estimate of drug-likeness (QED) is 0.599. The third-order valence-corrected chi connectivity index (χ3v) is 2.35. The Kier molecular flexibility index (Phi) is 2.35. The Hall–Kier alpha value is -0.835. The van der Waals surface area contributed by atoms with Gasteiger partial charge in [-0.3, -0.25) is 0 Å². The average molecular weight is 178 g/mol. The molecule has 0 aliphatic carbocycles. The van der Waals surface area contributed by atoms with Gasteiger partial charge in [0.1, 0.15) is 0 Å². The number of rotatable bonds is 2. The van der Waals surface area contributed by atoms with Gasteiger partial charge in [0.2, 0.25) is 0 Å². The van der Waals surface area contributed by atoms with Gasteiger partial charge in [-0.25, -0.2) is 0 Å². The first-order valence-corrected chi connectivity index (χ1v) is 4.31. The molecule has 0 radical (unpaired) electrons. The summed E-state index contributed by atoms with van der Waals surface area (Å²) in [6.45, 7) is 1.37. The molecular formula is C9H11BO3. The Morgan fingerprint density at radius 2 is 1.92 bits per heavy atom. The van der Waals surface area contributed by atoms with E-state index in [-0.39, 0.29) is 0 Å². The van der Waals surface area contributed by atoms with Crippen molar-refractivity contribution in [3.8, 4) is 0 Å². The van der Waals surface area contributed by atoms with Gasteiger partial charge in [-0.15, -0.1) is 0 Å². The highest BCUT2D eigenvalue weighted by Gasteiger charge is 2.26. The second kappa shape index (κ2) is 3.50. The van der Waals surface area contributed by atoms with E-state index in [9.17, 15) is 0 Å². The molecule has 1 heterocycles. The van der Waals surface area contributed by atoms with Crippen molar-refractivity contribution in [1.29, 1.82) is 0 Å². The van der Waals surface area contributed by atoms with E-state index in [1.54, 1.807) is 12.1 Å². The Bertz CT molecular complexity index is 297. The van der Waals surface area contributed by atoms with E-state index in [2.05, 4.69) is 0 Å². The number of ether oxygens (including phenoxy) is 1. The van der Waals surface area contributed by atoms with Crippen LogP contribution in [0.1, 0.15) is 11.5 Å². The van der Waals surface area contributed by atoms with Crippen LogP contribution in [0.25, 0.3) is 0 Å². The van der Waals surface area contributed by atoms with Crippen LogP contribution in [0.4, 0.5) is 0 Å². The summed E-state index contributed by atoms with van der Waals surface area (Å²) < 4.78 is 5.06. The maximum atomic E-state index is 9.09. The molecule has 1 aliphatic rings. The van der Waals surface area contributed by atoms with E-state index in [0.29, 0.717) is 24.6 Å². The molecule has 1 fully saturated rings. The van der Waals surface area contributed by atoms with Crippen LogP contribution in [-0.4, -0.2) is 30.4 Å². The molecule has 68 valence electrons. The predicted molar refractivity (Wildman–Crippen MR) is 49.8 cm³/mol. The Morgan fingerprint density at radius 3 is 2.46 bits per heavy atom. The van der Waals surface area contributed by atoms with Crippen LogP contribution in [0.2, 0.25) is 0 Å². The van der Waals surface area contributed by atoms with E-state index < -0.39 is 7.12 Å². The molecule has 4 heteroatoms. The monoisotopic (exact) mass is 178 g/mol. The summed E-state index contributed by atoms with van der Waals surface area (Å²) in [5.41, 5.74) is 1.58. The fourth-order valence-corrected chi connectivity index (χ4v) is 1.53. The second-order valence-electron chi connectivity index (χ2n) is 3.24. The van der Waals surface area contributed by atoms with Gasteiger partial charge in [-0.2, -0.15) is 0 Å². The van der Waals surface area contributed by atoms with Crippen LogP contribution < -0.4 is 5.46 Å². The van der Waals surface area contributed by atoms with Crippen LogP contribution >= 0.6 is 0 Å². The summed E-state index contributed by atoms with van der Waals surface area (Å²) in [6.07, 6.45) is 0. The maximum absolute atomic E-state index is 9.09. The van der Waals surface area contributed by atoms with Crippen LogP contribution in [0.5, 0.6) is 0 Å². The fourth-order valence-electron chi connectivity index (χ4n) is 1.53. The van der Waals surface area contributed by atoms with Crippen molar-refractivity contribution in [2.24, 2.45) is 0 Å². The molecule has 1 aliphatic heterocycles. The molecule has 1 aromatic carbocycles. The van der Waals surface area contributed by atoms with Crippen molar-refractivity contribution in [3.05, 3.63) is 29.8 Å². The molecule has 3 nitrogen and oxygen atoms in total. The van der Waals surface area contributed by atoms with Gasteiger partial charge in [-0.1, -0.05) is 24.3 Å². The SMILES string of the molecule is OB(O)c1ccccc1C1COC1. The minimum Gasteiger partial charge on any atom is -0.423 e. The highest BCUT2D eigenvalue weighted by molar-refractivity contribution is 6.59. The lowest BCUT2D eigenvalue weighted by Gasteiger charge is -2.28. The lowest BCUT2D eigenvalue weighted by atomic mass is 9.73. The largest absolute Gasteiger partial charge is 0.488 e. The van der Waals surface area contributed by atoms with E-state index >= 15 is 0 Å². The van der Waals surface area contributed by atoms with Gasteiger partial charge in [0, 0.05) is 5.92 Å². The third kappa shape index (κ3) is 1.61. The van der Waals surface area contributed by atoms with Gasteiger partial charge in [0.25, 0.3) is 0 Å².